The van der Waals surface area contributed by atoms with Crippen molar-refractivity contribution in [3.05, 3.63) is 89.5 Å². The lowest BCUT2D eigenvalue weighted by Crippen LogP contribution is -2.53. The summed E-state index contributed by atoms with van der Waals surface area (Å²) in [6.07, 6.45) is 4.38. The van der Waals surface area contributed by atoms with Gasteiger partial charge in [0.15, 0.2) is 0 Å². The molecule has 1 aliphatic rings. The number of anilines is 1. The fraction of sp³-hybridized carbons (Fsp3) is 0.394. The van der Waals surface area contributed by atoms with Crippen LogP contribution in [0.2, 0.25) is 0 Å². The van der Waals surface area contributed by atoms with E-state index in [0.29, 0.717) is 17.9 Å². The first kappa shape index (κ1) is 31.1. The quantitative estimate of drug-likeness (QED) is 0.305. The number of nitrogens with one attached hydrogen (secondary N) is 1. The number of hydrogen-bond acceptors (Lipinski definition) is 5. The summed E-state index contributed by atoms with van der Waals surface area (Å²) in [6.45, 7) is 5.44. The highest BCUT2D eigenvalue weighted by atomic mass is 32.2. The standard InChI is InChI=1S/C33H41N3O5S/c1-5-31(33(38)34-27-11-6-7-12-27)35(22-26-10-8-9-25(3)21-26)32(37)23-36(28-15-17-29(41-4)18-16-28)42(39,40)30-19-13-24(2)14-20-30/h8-10,13-21,27,31H,5-7,11-12,22-23H2,1-4H3,(H,34,38). The van der Waals surface area contributed by atoms with E-state index in [1.54, 1.807) is 48.5 Å². The van der Waals surface area contributed by atoms with Crippen LogP contribution in [0.3, 0.4) is 0 Å². The molecular formula is C33H41N3O5S. The first-order valence-electron chi connectivity index (χ1n) is 14.5. The second kappa shape index (κ2) is 13.9. The molecule has 0 saturated heterocycles. The van der Waals surface area contributed by atoms with Gasteiger partial charge in [-0.3, -0.25) is 13.9 Å². The Balaban J connectivity index is 1.71. The largest absolute Gasteiger partial charge is 0.497 e. The third-order valence-corrected chi connectivity index (χ3v) is 9.56. The van der Waals surface area contributed by atoms with Crippen molar-refractivity contribution < 1.29 is 22.7 Å². The number of rotatable bonds is 12. The average Bonchev–Trinajstić information content (AvgIpc) is 3.49. The zero-order chi connectivity index (χ0) is 30.3. The van der Waals surface area contributed by atoms with Crippen LogP contribution in [-0.2, 0) is 26.2 Å². The number of amides is 2. The second-order valence-corrected chi connectivity index (χ2v) is 12.8. The normalized spacial score (nSPS) is 14.3. The molecule has 224 valence electrons. The van der Waals surface area contributed by atoms with Crippen molar-refractivity contribution in [3.8, 4) is 5.75 Å². The molecule has 3 aromatic carbocycles. The minimum Gasteiger partial charge on any atom is -0.497 e. The summed E-state index contributed by atoms with van der Waals surface area (Å²) in [6, 6.07) is 20.2. The molecule has 4 rings (SSSR count). The van der Waals surface area contributed by atoms with E-state index in [4.69, 9.17) is 4.74 Å². The zero-order valence-electron chi connectivity index (χ0n) is 24.9. The van der Waals surface area contributed by atoms with Crippen LogP contribution >= 0.6 is 0 Å². The van der Waals surface area contributed by atoms with Crippen LogP contribution in [0.15, 0.2) is 77.7 Å². The average molecular weight is 592 g/mol. The van der Waals surface area contributed by atoms with Gasteiger partial charge < -0.3 is 15.0 Å². The minimum absolute atomic E-state index is 0.0768. The molecule has 8 nitrogen and oxygen atoms in total. The number of carbonyl (C=O) groups excluding carboxylic acids is 2. The van der Waals surface area contributed by atoms with Crippen LogP contribution in [0, 0.1) is 13.8 Å². The molecule has 1 saturated carbocycles. The van der Waals surface area contributed by atoms with E-state index in [2.05, 4.69) is 5.32 Å². The van der Waals surface area contributed by atoms with E-state index in [-0.39, 0.29) is 23.4 Å². The Kier molecular flexibility index (Phi) is 10.3. The molecule has 0 heterocycles. The summed E-state index contributed by atoms with van der Waals surface area (Å²) in [5.41, 5.74) is 3.14. The Bertz CT molecular complexity index is 1470. The lowest BCUT2D eigenvalue weighted by Gasteiger charge is -2.34. The molecule has 9 heteroatoms. The summed E-state index contributed by atoms with van der Waals surface area (Å²) in [4.78, 5) is 29.4. The van der Waals surface area contributed by atoms with Gasteiger partial charge in [-0.05, 0) is 75.1 Å². The van der Waals surface area contributed by atoms with Crippen molar-refractivity contribution in [1.29, 1.82) is 0 Å². The van der Waals surface area contributed by atoms with Gasteiger partial charge in [0, 0.05) is 12.6 Å². The molecule has 0 spiro atoms. The number of aryl methyl sites for hydroxylation is 2. The molecule has 1 unspecified atom stereocenters. The first-order valence-corrected chi connectivity index (χ1v) is 15.9. The number of ether oxygens (including phenoxy) is 1. The lowest BCUT2D eigenvalue weighted by molar-refractivity contribution is -0.140. The fourth-order valence-corrected chi connectivity index (χ4v) is 6.82. The zero-order valence-corrected chi connectivity index (χ0v) is 25.7. The smallest absolute Gasteiger partial charge is 0.264 e. The van der Waals surface area contributed by atoms with Crippen LogP contribution in [-0.4, -0.2) is 50.9 Å². The highest BCUT2D eigenvalue weighted by Crippen LogP contribution is 2.27. The van der Waals surface area contributed by atoms with Crippen molar-refractivity contribution in [2.24, 2.45) is 0 Å². The van der Waals surface area contributed by atoms with Gasteiger partial charge >= 0.3 is 0 Å². The number of methoxy groups -OCH3 is 1. The van der Waals surface area contributed by atoms with Gasteiger partial charge in [-0.2, -0.15) is 0 Å². The summed E-state index contributed by atoms with van der Waals surface area (Å²) >= 11 is 0. The summed E-state index contributed by atoms with van der Waals surface area (Å²) in [5.74, 6) is -0.104. The summed E-state index contributed by atoms with van der Waals surface area (Å²) in [7, 11) is -2.59. The van der Waals surface area contributed by atoms with E-state index in [9.17, 15) is 18.0 Å². The van der Waals surface area contributed by atoms with Crippen molar-refractivity contribution >= 4 is 27.5 Å². The van der Waals surface area contributed by atoms with Gasteiger partial charge in [-0.1, -0.05) is 67.3 Å². The van der Waals surface area contributed by atoms with Crippen molar-refractivity contribution in [2.75, 3.05) is 18.0 Å². The monoisotopic (exact) mass is 591 g/mol. The Morgan fingerprint density at radius 3 is 2.21 bits per heavy atom. The van der Waals surface area contributed by atoms with E-state index < -0.39 is 28.5 Å². The third-order valence-electron chi connectivity index (χ3n) is 7.77. The predicted octanol–water partition coefficient (Wildman–Crippen LogP) is 5.37. The maximum Gasteiger partial charge on any atom is 0.264 e. The molecule has 0 bridgehead atoms. The molecule has 1 atom stereocenters. The lowest BCUT2D eigenvalue weighted by atomic mass is 10.1. The Morgan fingerprint density at radius 2 is 1.62 bits per heavy atom. The predicted molar refractivity (Wildman–Crippen MR) is 165 cm³/mol. The van der Waals surface area contributed by atoms with Crippen molar-refractivity contribution in [3.63, 3.8) is 0 Å². The molecule has 0 aromatic heterocycles. The highest BCUT2D eigenvalue weighted by Gasteiger charge is 2.34. The van der Waals surface area contributed by atoms with Crippen LogP contribution in [0.4, 0.5) is 5.69 Å². The van der Waals surface area contributed by atoms with Crippen molar-refractivity contribution in [1.82, 2.24) is 10.2 Å². The van der Waals surface area contributed by atoms with Crippen LogP contribution in [0.25, 0.3) is 0 Å². The SMILES string of the molecule is CCC(C(=O)NC1CCCC1)N(Cc1cccc(C)c1)C(=O)CN(c1ccc(OC)cc1)S(=O)(=O)c1ccc(C)cc1. The molecule has 3 aromatic rings. The fourth-order valence-electron chi connectivity index (χ4n) is 5.41. The molecule has 1 aliphatic carbocycles. The number of carbonyl (C=O) groups is 2. The van der Waals surface area contributed by atoms with Gasteiger partial charge in [-0.25, -0.2) is 8.42 Å². The Labute approximate surface area is 249 Å². The molecular weight excluding hydrogens is 550 g/mol. The topological polar surface area (TPSA) is 96.0 Å². The second-order valence-electron chi connectivity index (χ2n) is 10.9. The van der Waals surface area contributed by atoms with E-state index in [1.165, 1.54) is 12.0 Å². The van der Waals surface area contributed by atoms with E-state index in [0.717, 1.165) is 46.7 Å². The number of sulfonamides is 1. The Morgan fingerprint density at radius 1 is 0.952 bits per heavy atom. The molecule has 2 amide bonds. The van der Waals surface area contributed by atoms with Crippen LogP contribution < -0.4 is 14.4 Å². The number of hydrogen-bond donors (Lipinski definition) is 1. The van der Waals surface area contributed by atoms with Gasteiger partial charge in [0.05, 0.1) is 17.7 Å². The molecule has 1 fully saturated rings. The number of benzene rings is 3. The van der Waals surface area contributed by atoms with Crippen LogP contribution in [0.1, 0.15) is 55.7 Å². The summed E-state index contributed by atoms with van der Waals surface area (Å²) in [5, 5.41) is 3.14. The van der Waals surface area contributed by atoms with Gasteiger partial charge in [0.25, 0.3) is 10.0 Å². The van der Waals surface area contributed by atoms with E-state index in [1.807, 2.05) is 45.0 Å². The minimum atomic E-state index is -4.13. The molecule has 42 heavy (non-hydrogen) atoms. The molecule has 0 radical (unpaired) electrons. The van der Waals surface area contributed by atoms with E-state index >= 15 is 0 Å². The van der Waals surface area contributed by atoms with Gasteiger partial charge in [0.1, 0.15) is 18.3 Å². The third kappa shape index (κ3) is 7.50. The van der Waals surface area contributed by atoms with Crippen molar-refractivity contribution in [2.45, 2.75) is 76.4 Å². The molecule has 0 aliphatic heterocycles. The first-order chi connectivity index (χ1) is 20.1. The van der Waals surface area contributed by atoms with Crippen LogP contribution in [0.5, 0.6) is 5.75 Å². The van der Waals surface area contributed by atoms with Gasteiger partial charge in [-0.15, -0.1) is 0 Å². The maximum absolute atomic E-state index is 14.2. The maximum atomic E-state index is 14.2. The number of nitrogens with zero attached hydrogens (tertiary/aromatic N) is 2. The highest BCUT2D eigenvalue weighted by molar-refractivity contribution is 7.92. The molecule has 1 N–H and O–H groups in total. The van der Waals surface area contributed by atoms with Gasteiger partial charge in [0.2, 0.25) is 11.8 Å². The summed E-state index contributed by atoms with van der Waals surface area (Å²) < 4.78 is 34.4. The Hall–Kier alpha value is -3.85.